The third-order valence-electron chi connectivity index (χ3n) is 3.56. The van der Waals surface area contributed by atoms with Gasteiger partial charge in [0.1, 0.15) is 11.3 Å². The molecule has 3 aromatic rings. The lowest BCUT2D eigenvalue weighted by molar-refractivity contribution is 0.343. The second-order valence-electron chi connectivity index (χ2n) is 5.08. The summed E-state index contributed by atoms with van der Waals surface area (Å²) in [6.45, 7) is 4.76. The van der Waals surface area contributed by atoms with Crippen LogP contribution < -0.4 is 10.5 Å². The topological polar surface area (TPSA) is 53.1 Å². The zero-order valence-corrected chi connectivity index (χ0v) is 13.1. The van der Waals surface area contributed by atoms with E-state index in [9.17, 15) is 0 Å². The summed E-state index contributed by atoms with van der Waals surface area (Å²) >= 11 is 1.72. The average Bonchev–Trinajstić information content (AvgIpc) is 3.06. The van der Waals surface area contributed by atoms with E-state index in [-0.39, 0.29) is 6.04 Å². The first-order valence-electron chi connectivity index (χ1n) is 7.11. The van der Waals surface area contributed by atoms with Gasteiger partial charge in [-0.3, -0.25) is 0 Å². The zero-order valence-electron chi connectivity index (χ0n) is 12.2. The minimum Gasteiger partial charge on any atom is -0.492 e. The standard InChI is InChI=1S/C16H19N3OS/c1-3-20-14-6-4-5-13-15(14)18-16(17)19(13)11(2)9-12-7-8-21-10-12/h4-8,10-11H,3,9H2,1-2H3,(H2,17,18). The molecule has 0 aliphatic carbocycles. The van der Waals surface area contributed by atoms with Crippen LogP contribution in [0.2, 0.25) is 0 Å². The molecule has 2 N–H and O–H groups in total. The lowest BCUT2D eigenvalue weighted by Crippen LogP contribution is -2.11. The van der Waals surface area contributed by atoms with Crippen molar-refractivity contribution in [1.29, 1.82) is 0 Å². The van der Waals surface area contributed by atoms with Crippen molar-refractivity contribution in [1.82, 2.24) is 9.55 Å². The molecule has 0 aliphatic rings. The van der Waals surface area contributed by atoms with Gasteiger partial charge in [-0.2, -0.15) is 11.3 Å². The van der Waals surface area contributed by atoms with Gasteiger partial charge in [0.25, 0.3) is 0 Å². The van der Waals surface area contributed by atoms with E-state index in [2.05, 4.69) is 33.3 Å². The monoisotopic (exact) mass is 301 g/mol. The number of hydrogen-bond donors (Lipinski definition) is 1. The van der Waals surface area contributed by atoms with Crippen molar-refractivity contribution >= 4 is 28.3 Å². The van der Waals surface area contributed by atoms with Crippen molar-refractivity contribution in [2.45, 2.75) is 26.3 Å². The lowest BCUT2D eigenvalue weighted by Gasteiger charge is -2.15. The molecule has 0 fully saturated rings. The Kier molecular flexibility index (Phi) is 3.84. The maximum Gasteiger partial charge on any atom is 0.201 e. The quantitative estimate of drug-likeness (QED) is 0.778. The van der Waals surface area contributed by atoms with Gasteiger partial charge in [-0.1, -0.05) is 6.07 Å². The highest BCUT2D eigenvalue weighted by molar-refractivity contribution is 7.07. The molecule has 0 amide bonds. The van der Waals surface area contributed by atoms with E-state index in [1.165, 1.54) is 5.56 Å². The first-order chi connectivity index (χ1) is 10.2. The Labute approximate surface area is 128 Å². The Morgan fingerprint density at radius 3 is 2.95 bits per heavy atom. The number of ether oxygens (including phenoxy) is 1. The van der Waals surface area contributed by atoms with Crippen LogP contribution in [0.25, 0.3) is 11.0 Å². The van der Waals surface area contributed by atoms with Gasteiger partial charge in [0.15, 0.2) is 0 Å². The van der Waals surface area contributed by atoms with Crippen LogP contribution in [0.15, 0.2) is 35.0 Å². The highest BCUT2D eigenvalue weighted by Gasteiger charge is 2.17. The van der Waals surface area contributed by atoms with Crippen molar-refractivity contribution < 1.29 is 4.74 Å². The Morgan fingerprint density at radius 2 is 2.24 bits per heavy atom. The summed E-state index contributed by atoms with van der Waals surface area (Å²) in [5.74, 6) is 1.34. The van der Waals surface area contributed by atoms with Gasteiger partial charge in [-0.25, -0.2) is 4.98 Å². The smallest absolute Gasteiger partial charge is 0.201 e. The predicted octanol–water partition coefficient (Wildman–Crippen LogP) is 3.88. The highest BCUT2D eigenvalue weighted by Crippen LogP contribution is 2.30. The maximum atomic E-state index is 6.15. The van der Waals surface area contributed by atoms with Gasteiger partial charge >= 0.3 is 0 Å². The summed E-state index contributed by atoms with van der Waals surface area (Å²) in [4.78, 5) is 4.50. The number of rotatable bonds is 5. The number of aromatic nitrogens is 2. The van der Waals surface area contributed by atoms with Crippen molar-refractivity contribution in [3.05, 3.63) is 40.6 Å². The predicted molar refractivity (Wildman–Crippen MR) is 88.0 cm³/mol. The van der Waals surface area contributed by atoms with E-state index in [1.807, 2.05) is 25.1 Å². The molecule has 0 aliphatic heterocycles. The minimum atomic E-state index is 0.251. The molecule has 1 unspecified atom stereocenters. The molecule has 110 valence electrons. The summed E-state index contributed by atoms with van der Waals surface area (Å²) in [6, 6.07) is 8.38. The zero-order chi connectivity index (χ0) is 14.8. The molecule has 0 spiro atoms. The number of thiophene rings is 1. The fourth-order valence-corrected chi connectivity index (χ4v) is 3.37. The number of anilines is 1. The number of nitrogen functional groups attached to an aromatic ring is 1. The van der Waals surface area contributed by atoms with Crippen molar-refractivity contribution in [3.63, 3.8) is 0 Å². The molecule has 0 saturated carbocycles. The molecular formula is C16H19N3OS. The van der Waals surface area contributed by atoms with E-state index < -0.39 is 0 Å². The van der Waals surface area contributed by atoms with Crippen LogP contribution in [0, 0.1) is 0 Å². The number of hydrogen-bond acceptors (Lipinski definition) is 4. The molecule has 0 saturated heterocycles. The van der Waals surface area contributed by atoms with Gasteiger partial charge in [0.05, 0.1) is 12.1 Å². The summed E-state index contributed by atoms with van der Waals surface area (Å²) in [5, 5.41) is 4.28. The second kappa shape index (κ2) is 5.77. The Hall–Kier alpha value is -2.01. The van der Waals surface area contributed by atoms with Crippen molar-refractivity contribution in [2.75, 3.05) is 12.3 Å². The number of nitrogens with zero attached hydrogens (tertiary/aromatic N) is 2. The molecule has 21 heavy (non-hydrogen) atoms. The van der Waals surface area contributed by atoms with Gasteiger partial charge in [0.2, 0.25) is 5.95 Å². The number of nitrogens with two attached hydrogens (primary N) is 1. The summed E-state index contributed by atoms with van der Waals surface area (Å²) in [7, 11) is 0. The highest BCUT2D eigenvalue weighted by atomic mass is 32.1. The number of para-hydroxylation sites is 1. The molecule has 1 atom stereocenters. The number of imidazole rings is 1. The second-order valence-corrected chi connectivity index (χ2v) is 5.86. The molecule has 3 rings (SSSR count). The lowest BCUT2D eigenvalue weighted by atomic mass is 10.1. The van der Waals surface area contributed by atoms with Crippen molar-refractivity contribution in [3.8, 4) is 5.75 Å². The van der Waals surface area contributed by atoms with Crippen LogP contribution >= 0.6 is 11.3 Å². The fourth-order valence-electron chi connectivity index (χ4n) is 2.69. The van der Waals surface area contributed by atoms with Crippen LogP contribution in [0.1, 0.15) is 25.5 Å². The Bertz CT molecular complexity index is 733. The van der Waals surface area contributed by atoms with Crippen molar-refractivity contribution in [2.24, 2.45) is 0 Å². The fraction of sp³-hybridized carbons (Fsp3) is 0.312. The van der Waals surface area contributed by atoms with E-state index in [4.69, 9.17) is 10.5 Å². The van der Waals surface area contributed by atoms with E-state index in [0.717, 1.165) is 23.2 Å². The Morgan fingerprint density at radius 1 is 1.38 bits per heavy atom. The van der Waals surface area contributed by atoms with Gasteiger partial charge < -0.3 is 15.0 Å². The van der Waals surface area contributed by atoms with Crippen LogP contribution in [0.5, 0.6) is 5.75 Å². The average molecular weight is 301 g/mol. The SMILES string of the molecule is CCOc1cccc2c1nc(N)n2C(C)Cc1ccsc1. The minimum absolute atomic E-state index is 0.251. The van der Waals surface area contributed by atoms with Gasteiger partial charge in [0, 0.05) is 6.04 Å². The van der Waals surface area contributed by atoms with Crippen LogP contribution in [0.3, 0.4) is 0 Å². The van der Waals surface area contributed by atoms with Gasteiger partial charge in [-0.05, 0) is 54.8 Å². The largest absolute Gasteiger partial charge is 0.492 e. The molecular weight excluding hydrogens is 282 g/mol. The molecule has 2 heterocycles. The molecule has 5 heteroatoms. The summed E-state index contributed by atoms with van der Waals surface area (Å²) < 4.78 is 7.74. The Balaban J connectivity index is 2.01. The van der Waals surface area contributed by atoms with Crippen LogP contribution in [0.4, 0.5) is 5.95 Å². The van der Waals surface area contributed by atoms with Gasteiger partial charge in [-0.15, -0.1) is 0 Å². The van der Waals surface area contributed by atoms with E-state index in [1.54, 1.807) is 11.3 Å². The summed E-state index contributed by atoms with van der Waals surface area (Å²) in [5.41, 5.74) is 9.35. The van der Waals surface area contributed by atoms with Crippen LogP contribution in [-0.2, 0) is 6.42 Å². The first-order valence-corrected chi connectivity index (χ1v) is 8.05. The van der Waals surface area contributed by atoms with E-state index >= 15 is 0 Å². The molecule has 0 bridgehead atoms. The molecule has 4 nitrogen and oxygen atoms in total. The number of fused-ring (bicyclic) bond motifs is 1. The molecule has 0 radical (unpaired) electrons. The third kappa shape index (κ3) is 2.61. The normalized spacial score (nSPS) is 12.7. The first kappa shape index (κ1) is 13.9. The molecule has 1 aromatic carbocycles. The van der Waals surface area contributed by atoms with E-state index in [0.29, 0.717) is 12.6 Å². The summed E-state index contributed by atoms with van der Waals surface area (Å²) in [6.07, 6.45) is 0.942. The third-order valence-corrected chi connectivity index (χ3v) is 4.29. The number of benzene rings is 1. The maximum absolute atomic E-state index is 6.15. The molecule has 2 aromatic heterocycles. The van der Waals surface area contributed by atoms with Crippen LogP contribution in [-0.4, -0.2) is 16.2 Å².